The lowest BCUT2D eigenvalue weighted by Gasteiger charge is -2.26. The topological polar surface area (TPSA) is 66.4 Å². The van der Waals surface area contributed by atoms with Crippen LogP contribution in [0.2, 0.25) is 0 Å². The smallest absolute Gasteiger partial charge is 0.303 e. The first-order valence-corrected chi connectivity index (χ1v) is 6.02. The standard InChI is InChI=1S/C14H18FNO3/c1-9-4-5-10(15)8-11(9)13(19)16-14(2,3)7-6-12(17)18/h4-5,8H,6-7H2,1-3H3,(H,16,19)(H,17,18). The van der Waals surface area contributed by atoms with Crippen LogP contribution in [0.4, 0.5) is 4.39 Å². The Labute approximate surface area is 111 Å². The Morgan fingerprint density at radius 3 is 2.58 bits per heavy atom. The van der Waals surface area contributed by atoms with Crippen LogP contribution in [-0.4, -0.2) is 22.5 Å². The fourth-order valence-electron chi connectivity index (χ4n) is 1.70. The van der Waals surface area contributed by atoms with Crippen LogP contribution in [0.3, 0.4) is 0 Å². The number of aryl methyl sites for hydroxylation is 1. The number of carbonyl (C=O) groups excluding carboxylic acids is 1. The van der Waals surface area contributed by atoms with E-state index in [1.54, 1.807) is 20.8 Å². The summed E-state index contributed by atoms with van der Waals surface area (Å²) in [6.07, 6.45) is 0.276. The second-order valence-electron chi connectivity index (χ2n) is 5.19. The van der Waals surface area contributed by atoms with E-state index in [2.05, 4.69) is 5.32 Å². The lowest BCUT2D eigenvalue weighted by molar-refractivity contribution is -0.137. The molecule has 0 saturated carbocycles. The SMILES string of the molecule is Cc1ccc(F)cc1C(=O)NC(C)(C)CCC(=O)O. The van der Waals surface area contributed by atoms with E-state index in [1.165, 1.54) is 18.2 Å². The zero-order valence-corrected chi connectivity index (χ0v) is 11.3. The molecular formula is C14H18FNO3. The highest BCUT2D eigenvalue weighted by molar-refractivity contribution is 5.96. The van der Waals surface area contributed by atoms with Gasteiger partial charge in [0.1, 0.15) is 5.82 Å². The average Bonchev–Trinajstić information content (AvgIpc) is 2.29. The molecule has 0 spiro atoms. The second kappa shape index (κ2) is 5.82. The summed E-state index contributed by atoms with van der Waals surface area (Å²) in [6, 6.07) is 4.01. The Balaban J connectivity index is 2.78. The molecule has 104 valence electrons. The van der Waals surface area contributed by atoms with Gasteiger partial charge in [0, 0.05) is 17.5 Å². The van der Waals surface area contributed by atoms with Crippen molar-refractivity contribution in [1.29, 1.82) is 0 Å². The Bertz CT molecular complexity index is 497. The van der Waals surface area contributed by atoms with E-state index in [9.17, 15) is 14.0 Å². The van der Waals surface area contributed by atoms with Crippen molar-refractivity contribution in [3.05, 3.63) is 35.1 Å². The summed E-state index contributed by atoms with van der Waals surface area (Å²) in [4.78, 5) is 22.6. The zero-order valence-electron chi connectivity index (χ0n) is 11.3. The minimum atomic E-state index is -0.913. The number of rotatable bonds is 5. The molecule has 0 heterocycles. The Kier molecular flexibility index (Phi) is 4.64. The summed E-state index contributed by atoms with van der Waals surface area (Å²) in [5.74, 6) is -1.78. The largest absolute Gasteiger partial charge is 0.481 e. The van der Waals surface area contributed by atoms with E-state index in [-0.39, 0.29) is 12.0 Å². The van der Waals surface area contributed by atoms with Crippen molar-refractivity contribution in [3.63, 3.8) is 0 Å². The molecule has 4 nitrogen and oxygen atoms in total. The van der Waals surface area contributed by atoms with E-state index < -0.39 is 23.2 Å². The molecule has 0 aliphatic rings. The predicted molar refractivity (Wildman–Crippen MR) is 69.6 cm³/mol. The summed E-state index contributed by atoms with van der Waals surface area (Å²) < 4.78 is 13.1. The molecule has 0 aromatic heterocycles. The van der Waals surface area contributed by atoms with Crippen molar-refractivity contribution in [2.45, 2.75) is 39.2 Å². The van der Waals surface area contributed by atoms with Gasteiger partial charge in [-0.15, -0.1) is 0 Å². The molecule has 0 radical (unpaired) electrons. The van der Waals surface area contributed by atoms with Crippen LogP contribution in [0.5, 0.6) is 0 Å². The van der Waals surface area contributed by atoms with Crippen molar-refractivity contribution >= 4 is 11.9 Å². The Morgan fingerprint density at radius 2 is 2.00 bits per heavy atom. The van der Waals surface area contributed by atoms with E-state index >= 15 is 0 Å². The third kappa shape index (κ3) is 4.69. The van der Waals surface area contributed by atoms with Gasteiger partial charge in [-0.2, -0.15) is 0 Å². The lowest BCUT2D eigenvalue weighted by atomic mass is 9.97. The lowest BCUT2D eigenvalue weighted by Crippen LogP contribution is -2.44. The molecule has 1 aromatic rings. The van der Waals surface area contributed by atoms with Crippen LogP contribution in [0.25, 0.3) is 0 Å². The third-order valence-corrected chi connectivity index (χ3v) is 2.86. The number of carboxylic acids is 1. The summed E-state index contributed by atoms with van der Waals surface area (Å²) >= 11 is 0. The van der Waals surface area contributed by atoms with Crippen molar-refractivity contribution in [2.75, 3.05) is 0 Å². The minimum Gasteiger partial charge on any atom is -0.481 e. The number of aliphatic carboxylic acids is 1. The number of amides is 1. The molecule has 0 unspecified atom stereocenters. The van der Waals surface area contributed by atoms with Gasteiger partial charge < -0.3 is 10.4 Å². The fraction of sp³-hybridized carbons (Fsp3) is 0.429. The van der Waals surface area contributed by atoms with Crippen molar-refractivity contribution in [2.24, 2.45) is 0 Å². The van der Waals surface area contributed by atoms with E-state index in [4.69, 9.17) is 5.11 Å². The molecule has 2 N–H and O–H groups in total. The van der Waals surface area contributed by atoms with Gasteiger partial charge in [0.15, 0.2) is 0 Å². The fourth-order valence-corrected chi connectivity index (χ4v) is 1.70. The van der Waals surface area contributed by atoms with Crippen LogP contribution in [-0.2, 0) is 4.79 Å². The van der Waals surface area contributed by atoms with Crippen molar-refractivity contribution in [1.82, 2.24) is 5.32 Å². The maximum absolute atomic E-state index is 13.1. The Morgan fingerprint density at radius 1 is 1.37 bits per heavy atom. The number of hydrogen-bond donors (Lipinski definition) is 2. The number of benzene rings is 1. The molecule has 0 aliphatic carbocycles. The summed E-state index contributed by atoms with van der Waals surface area (Å²) in [5, 5.41) is 11.4. The molecule has 0 fully saturated rings. The highest BCUT2D eigenvalue weighted by atomic mass is 19.1. The molecule has 1 rings (SSSR count). The highest BCUT2D eigenvalue weighted by Crippen LogP contribution is 2.15. The first kappa shape index (κ1) is 15.1. The molecule has 0 saturated heterocycles. The summed E-state index contributed by atoms with van der Waals surface area (Å²) in [7, 11) is 0. The molecule has 1 amide bonds. The average molecular weight is 267 g/mol. The summed E-state index contributed by atoms with van der Waals surface area (Å²) in [6.45, 7) is 5.20. The van der Waals surface area contributed by atoms with Gasteiger partial charge in [-0.1, -0.05) is 6.07 Å². The third-order valence-electron chi connectivity index (χ3n) is 2.86. The van der Waals surface area contributed by atoms with E-state index in [0.717, 1.165) is 0 Å². The molecule has 19 heavy (non-hydrogen) atoms. The molecule has 1 aromatic carbocycles. The zero-order chi connectivity index (χ0) is 14.6. The van der Waals surface area contributed by atoms with E-state index in [0.29, 0.717) is 12.0 Å². The highest BCUT2D eigenvalue weighted by Gasteiger charge is 2.23. The van der Waals surface area contributed by atoms with Crippen LogP contribution in [0.15, 0.2) is 18.2 Å². The molecule has 0 atom stereocenters. The first-order valence-electron chi connectivity index (χ1n) is 6.02. The van der Waals surface area contributed by atoms with Gasteiger partial charge >= 0.3 is 5.97 Å². The van der Waals surface area contributed by atoms with Gasteiger partial charge in [-0.05, 0) is 44.9 Å². The number of hydrogen-bond acceptors (Lipinski definition) is 2. The number of halogens is 1. The number of carboxylic acid groups (broad SMARTS) is 1. The molecule has 0 bridgehead atoms. The van der Waals surface area contributed by atoms with Gasteiger partial charge in [0.25, 0.3) is 5.91 Å². The van der Waals surface area contributed by atoms with Crippen LogP contribution in [0, 0.1) is 12.7 Å². The maximum Gasteiger partial charge on any atom is 0.303 e. The van der Waals surface area contributed by atoms with Gasteiger partial charge in [-0.3, -0.25) is 9.59 Å². The van der Waals surface area contributed by atoms with Crippen molar-refractivity contribution < 1.29 is 19.1 Å². The van der Waals surface area contributed by atoms with Gasteiger partial charge in [0.2, 0.25) is 0 Å². The minimum absolute atomic E-state index is 0.0323. The second-order valence-corrected chi connectivity index (χ2v) is 5.19. The molecule has 5 heteroatoms. The van der Waals surface area contributed by atoms with Gasteiger partial charge in [-0.25, -0.2) is 4.39 Å². The summed E-state index contributed by atoms with van der Waals surface area (Å²) in [5.41, 5.74) is 0.283. The maximum atomic E-state index is 13.1. The number of carbonyl (C=O) groups is 2. The van der Waals surface area contributed by atoms with Crippen LogP contribution >= 0.6 is 0 Å². The monoisotopic (exact) mass is 267 g/mol. The molecule has 0 aliphatic heterocycles. The van der Waals surface area contributed by atoms with Crippen molar-refractivity contribution in [3.8, 4) is 0 Å². The van der Waals surface area contributed by atoms with Gasteiger partial charge in [0.05, 0.1) is 0 Å². The molecular weight excluding hydrogens is 249 g/mol. The normalized spacial score (nSPS) is 11.2. The number of nitrogens with one attached hydrogen (secondary N) is 1. The van der Waals surface area contributed by atoms with Crippen LogP contribution in [0.1, 0.15) is 42.6 Å². The van der Waals surface area contributed by atoms with Crippen LogP contribution < -0.4 is 5.32 Å². The predicted octanol–water partition coefficient (Wildman–Crippen LogP) is 2.51. The Hall–Kier alpha value is -1.91. The first-order chi connectivity index (χ1) is 8.71. The van der Waals surface area contributed by atoms with E-state index in [1.807, 2.05) is 0 Å². The quantitative estimate of drug-likeness (QED) is 0.861.